The zero-order chi connectivity index (χ0) is 12.8. The smallest absolute Gasteiger partial charge is 0.123 e. The lowest BCUT2D eigenvalue weighted by atomic mass is 10.1. The van der Waals surface area contributed by atoms with Crippen LogP contribution in [0.3, 0.4) is 0 Å². The number of nitrogens with two attached hydrogens (primary N) is 1. The molecular formula is C15H16FNS. The molecule has 0 radical (unpaired) electrons. The molecule has 2 aromatic carbocycles. The third-order valence-electron chi connectivity index (χ3n) is 2.76. The van der Waals surface area contributed by atoms with Crippen molar-refractivity contribution in [2.24, 2.45) is 5.73 Å². The van der Waals surface area contributed by atoms with Gasteiger partial charge in [-0.15, -0.1) is 0 Å². The van der Waals surface area contributed by atoms with Crippen LogP contribution in [0.1, 0.15) is 16.7 Å². The maximum Gasteiger partial charge on any atom is 0.123 e. The van der Waals surface area contributed by atoms with E-state index >= 15 is 0 Å². The van der Waals surface area contributed by atoms with Crippen LogP contribution >= 0.6 is 11.8 Å². The average molecular weight is 261 g/mol. The van der Waals surface area contributed by atoms with Gasteiger partial charge in [0.25, 0.3) is 0 Å². The van der Waals surface area contributed by atoms with Crippen LogP contribution < -0.4 is 5.73 Å². The molecule has 0 heterocycles. The quantitative estimate of drug-likeness (QED) is 0.887. The summed E-state index contributed by atoms with van der Waals surface area (Å²) in [6, 6.07) is 15.1. The molecule has 2 rings (SSSR count). The van der Waals surface area contributed by atoms with E-state index in [4.69, 9.17) is 5.73 Å². The molecule has 0 aliphatic rings. The van der Waals surface area contributed by atoms with Crippen LogP contribution in [-0.2, 0) is 18.1 Å². The number of benzene rings is 2. The monoisotopic (exact) mass is 261 g/mol. The van der Waals surface area contributed by atoms with Crippen LogP contribution in [0, 0.1) is 5.82 Å². The van der Waals surface area contributed by atoms with E-state index in [0.717, 1.165) is 22.6 Å². The molecule has 0 aliphatic carbocycles. The third-order valence-corrected chi connectivity index (χ3v) is 3.81. The van der Waals surface area contributed by atoms with Crippen LogP contribution in [0.25, 0.3) is 0 Å². The van der Waals surface area contributed by atoms with Crippen molar-refractivity contribution in [2.45, 2.75) is 18.1 Å². The highest BCUT2D eigenvalue weighted by atomic mass is 32.2. The largest absolute Gasteiger partial charge is 0.326 e. The second kappa shape index (κ2) is 6.57. The SMILES string of the molecule is NCc1ccc(F)cc1CSCc1ccccc1. The number of rotatable bonds is 5. The molecule has 1 nitrogen and oxygen atoms in total. The molecule has 0 unspecified atom stereocenters. The van der Waals surface area contributed by atoms with Gasteiger partial charge in [0, 0.05) is 18.1 Å². The predicted octanol–water partition coefficient (Wildman–Crippen LogP) is 3.72. The first-order valence-electron chi connectivity index (χ1n) is 5.88. The Morgan fingerprint density at radius 2 is 1.72 bits per heavy atom. The second-order valence-corrected chi connectivity index (χ2v) is 5.08. The summed E-state index contributed by atoms with van der Waals surface area (Å²) < 4.78 is 13.2. The Labute approximate surface area is 111 Å². The van der Waals surface area contributed by atoms with Gasteiger partial charge in [0.05, 0.1) is 0 Å². The Hall–Kier alpha value is -1.32. The van der Waals surface area contributed by atoms with Crippen molar-refractivity contribution in [3.63, 3.8) is 0 Å². The first-order chi connectivity index (χ1) is 8.79. The molecule has 0 spiro atoms. The van der Waals surface area contributed by atoms with Gasteiger partial charge in [-0.2, -0.15) is 11.8 Å². The lowest BCUT2D eigenvalue weighted by Gasteiger charge is -2.08. The third kappa shape index (κ3) is 3.59. The Bertz CT molecular complexity index is 499. The molecular weight excluding hydrogens is 245 g/mol. The molecule has 0 atom stereocenters. The van der Waals surface area contributed by atoms with Crippen molar-refractivity contribution in [2.75, 3.05) is 0 Å². The van der Waals surface area contributed by atoms with Gasteiger partial charge in [-0.25, -0.2) is 4.39 Å². The summed E-state index contributed by atoms with van der Waals surface area (Å²) >= 11 is 1.78. The zero-order valence-electron chi connectivity index (χ0n) is 10.1. The van der Waals surface area contributed by atoms with Crippen LogP contribution in [0.15, 0.2) is 48.5 Å². The minimum Gasteiger partial charge on any atom is -0.326 e. The predicted molar refractivity (Wildman–Crippen MR) is 75.7 cm³/mol. The van der Waals surface area contributed by atoms with Crippen molar-refractivity contribution >= 4 is 11.8 Å². The van der Waals surface area contributed by atoms with E-state index in [2.05, 4.69) is 12.1 Å². The molecule has 0 aliphatic heterocycles. The van der Waals surface area contributed by atoms with E-state index in [1.54, 1.807) is 23.9 Å². The van der Waals surface area contributed by atoms with Gasteiger partial charge in [0.2, 0.25) is 0 Å². The molecule has 18 heavy (non-hydrogen) atoms. The van der Waals surface area contributed by atoms with Gasteiger partial charge in [0.15, 0.2) is 0 Å². The van der Waals surface area contributed by atoms with Crippen molar-refractivity contribution in [1.82, 2.24) is 0 Å². The fourth-order valence-corrected chi connectivity index (χ4v) is 2.80. The number of hydrogen-bond acceptors (Lipinski definition) is 2. The minimum absolute atomic E-state index is 0.192. The van der Waals surface area contributed by atoms with Crippen LogP contribution in [0.2, 0.25) is 0 Å². The lowest BCUT2D eigenvalue weighted by molar-refractivity contribution is 0.625. The molecule has 3 heteroatoms. The second-order valence-electron chi connectivity index (χ2n) is 4.10. The van der Waals surface area contributed by atoms with Gasteiger partial charge in [0.1, 0.15) is 5.82 Å². The molecule has 2 aromatic rings. The van der Waals surface area contributed by atoms with Gasteiger partial charge in [-0.05, 0) is 28.8 Å². The summed E-state index contributed by atoms with van der Waals surface area (Å²) in [5.41, 5.74) is 8.96. The zero-order valence-corrected chi connectivity index (χ0v) is 10.9. The summed E-state index contributed by atoms with van der Waals surface area (Å²) in [5.74, 6) is 1.53. The maximum atomic E-state index is 13.2. The Balaban J connectivity index is 1.96. The minimum atomic E-state index is -0.192. The number of halogens is 1. The Morgan fingerprint density at radius 1 is 0.944 bits per heavy atom. The highest BCUT2D eigenvalue weighted by Gasteiger charge is 2.03. The lowest BCUT2D eigenvalue weighted by Crippen LogP contribution is -2.01. The molecule has 94 valence electrons. The van der Waals surface area contributed by atoms with E-state index in [1.807, 2.05) is 18.2 Å². The summed E-state index contributed by atoms with van der Waals surface area (Å²) in [6.07, 6.45) is 0. The maximum absolute atomic E-state index is 13.2. The molecule has 0 amide bonds. The van der Waals surface area contributed by atoms with Gasteiger partial charge in [-0.1, -0.05) is 36.4 Å². The summed E-state index contributed by atoms with van der Waals surface area (Å²) in [4.78, 5) is 0. The number of thioether (sulfide) groups is 1. The highest BCUT2D eigenvalue weighted by Crippen LogP contribution is 2.21. The van der Waals surface area contributed by atoms with Gasteiger partial charge >= 0.3 is 0 Å². The Morgan fingerprint density at radius 3 is 2.44 bits per heavy atom. The van der Waals surface area contributed by atoms with Crippen LogP contribution in [-0.4, -0.2) is 0 Å². The van der Waals surface area contributed by atoms with Crippen LogP contribution in [0.5, 0.6) is 0 Å². The van der Waals surface area contributed by atoms with E-state index in [1.165, 1.54) is 11.6 Å². The summed E-state index contributed by atoms with van der Waals surface area (Å²) in [7, 11) is 0. The summed E-state index contributed by atoms with van der Waals surface area (Å²) in [5, 5.41) is 0. The molecule has 0 bridgehead atoms. The Kier molecular flexibility index (Phi) is 4.79. The molecule has 0 aromatic heterocycles. The normalized spacial score (nSPS) is 10.6. The number of hydrogen-bond donors (Lipinski definition) is 1. The van der Waals surface area contributed by atoms with E-state index in [-0.39, 0.29) is 5.82 Å². The van der Waals surface area contributed by atoms with E-state index in [9.17, 15) is 4.39 Å². The molecule has 0 saturated carbocycles. The highest BCUT2D eigenvalue weighted by molar-refractivity contribution is 7.97. The standard InChI is InChI=1S/C15H16FNS/c16-15-7-6-13(9-17)14(8-15)11-18-10-12-4-2-1-3-5-12/h1-8H,9-11,17H2. The molecule has 0 fully saturated rings. The van der Waals surface area contributed by atoms with Crippen molar-refractivity contribution < 1.29 is 4.39 Å². The fraction of sp³-hybridized carbons (Fsp3) is 0.200. The van der Waals surface area contributed by atoms with Crippen molar-refractivity contribution in [3.8, 4) is 0 Å². The van der Waals surface area contributed by atoms with Gasteiger partial charge in [-0.3, -0.25) is 0 Å². The molecule has 0 saturated heterocycles. The van der Waals surface area contributed by atoms with Crippen molar-refractivity contribution in [3.05, 3.63) is 71.0 Å². The fourth-order valence-electron chi connectivity index (χ4n) is 1.78. The molecule has 2 N–H and O–H groups in total. The van der Waals surface area contributed by atoms with Crippen LogP contribution in [0.4, 0.5) is 4.39 Å². The van der Waals surface area contributed by atoms with Gasteiger partial charge < -0.3 is 5.73 Å². The first kappa shape index (κ1) is 13.1. The van der Waals surface area contributed by atoms with E-state index < -0.39 is 0 Å². The van der Waals surface area contributed by atoms with E-state index in [0.29, 0.717) is 6.54 Å². The topological polar surface area (TPSA) is 26.0 Å². The first-order valence-corrected chi connectivity index (χ1v) is 7.04. The summed E-state index contributed by atoms with van der Waals surface area (Å²) in [6.45, 7) is 0.460. The van der Waals surface area contributed by atoms with Crippen molar-refractivity contribution in [1.29, 1.82) is 0 Å². The average Bonchev–Trinajstić information content (AvgIpc) is 2.40.